The summed E-state index contributed by atoms with van der Waals surface area (Å²) in [5.74, 6) is -0.139. The number of hydrogen-bond acceptors (Lipinski definition) is 3. The lowest BCUT2D eigenvalue weighted by Crippen LogP contribution is -2.29. The second-order valence-electron chi connectivity index (χ2n) is 4.72. The molecule has 0 saturated carbocycles. The van der Waals surface area contributed by atoms with Gasteiger partial charge in [0.05, 0.1) is 6.54 Å². The Morgan fingerprint density at radius 2 is 1.62 bits per heavy atom. The minimum absolute atomic E-state index is 0.0252. The molecule has 2 N–H and O–H groups in total. The summed E-state index contributed by atoms with van der Waals surface area (Å²) in [7, 11) is 0. The van der Waals surface area contributed by atoms with Crippen molar-refractivity contribution in [1.29, 1.82) is 0 Å². The van der Waals surface area contributed by atoms with Gasteiger partial charge in [-0.25, -0.2) is 0 Å². The van der Waals surface area contributed by atoms with Gasteiger partial charge < -0.3 is 10.6 Å². The van der Waals surface area contributed by atoms with Gasteiger partial charge in [-0.2, -0.15) is 0 Å². The van der Waals surface area contributed by atoms with Gasteiger partial charge in [0.25, 0.3) is 0 Å². The highest BCUT2D eigenvalue weighted by molar-refractivity contribution is 6.00. The average molecular weight is 282 g/mol. The Bertz CT molecular complexity index is 624. The van der Waals surface area contributed by atoms with Crippen LogP contribution >= 0.6 is 0 Å². The molecule has 4 heteroatoms. The molecule has 0 bridgehead atoms. The van der Waals surface area contributed by atoms with Crippen LogP contribution < -0.4 is 10.6 Å². The first-order chi connectivity index (χ1) is 10.2. The summed E-state index contributed by atoms with van der Waals surface area (Å²) in [5, 5.41) is 5.83. The normalized spacial score (nSPS) is 9.95. The topological polar surface area (TPSA) is 58.2 Å². The number of benzene rings is 2. The lowest BCUT2D eigenvalue weighted by Gasteiger charge is -2.10. The van der Waals surface area contributed by atoms with Gasteiger partial charge in [-0.3, -0.25) is 9.59 Å². The summed E-state index contributed by atoms with van der Waals surface area (Å²) in [6, 6.07) is 16.9. The van der Waals surface area contributed by atoms with Crippen molar-refractivity contribution in [2.24, 2.45) is 0 Å². The number of Topliss-reactive ketones (excluding diaryl/α,β-unsaturated/α-hetero) is 1. The number of carbonyl (C=O) groups excluding carboxylic acids is 2. The first-order valence-corrected chi connectivity index (χ1v) is 6.81. The summed E-state index contributed by atoms with van der Waals surface area (Å²) in [6.07, 6.45) is 0. The summed E-state index contributed by atoms with van der Waals surface area (Å²) < 4.78 is 0. The van der Waals surface area contributed by atoms with E-state index < -0.39 is 0 Å². The van der Waals surface area contributed by atoms with Gasteiger partial charge in [0.1, 0.15) is 0 Å². The Morgan fingerprint density at radius 3 is 2.33 bits per heavy atom. The van der Waals surface area contributed by atoms with Crippen molar-refractivity contribution in [2.45, 2.75) is 13.5 Å². The largest absolute Gasteiger partial charge is 0.376 e. The fourth-order valence-electron chi connectivity index (χ4n) is 1.98. The maximum atomic E-state index is 11.8. The van der Waals surface area contributed by atoms with Crippen LogP contribution in [0.2, 0.25) is 0 Å². The number of ketones is 1. The standard InChI is InChI=1S/C17H18N2O2/c1-13(20)15-9-5-6-10-16(15)18-12-17(21)19-11-14-7-3-2-4-8-14/h2-10,18H,11-12H2,1H3,(H,19,21). The molecular formula is C17H18N2O2. The smallest absolute Gasteiger partial charge is 0.239 e. The van der Waals surface area contributed by atoms with Crippen molar-refractivity contribution < 1.29 is 9.59 Å². The van der Waals surface area contributed by atoms with Crippen LogP contribution in [0.25, 0.3) is 0 Å². The van der Waals surface area contributed by atoms with Crippen LogP contribution in [0, 0.1) is 0 Å². The molecule has 0 unspecified atom stereocenters. The monoisotopic (exact) mass is 282 g/mol. The molecule has 0 saturated heterocycles. The minimum atomic E-state index is -0.114. The zero-order chi connectivity index (χ0) is 15.1. The molecule has 0 aliphatic rings. The third-order valence-electron chi connectivity index (χ3n) is 3.08. The third kappa shape index (κ3) is 4.45. The quantitative estimate of drug-likeness (QED) is 0.801. The molecule has 0 heterocycles. The second-order valence-corrected chi connectivity index (χ2v) is 4.72. The van der Waals surface area contributed by atoms with Crippen molar-refractivity contribution in [3.8, 4) is 0 Å². The van der Waals surface area contributed by atoms with E-state index in [1.807, 2.05) is 36.4 Å². The molecule has 2 rings (SSSR count). The fraction of sp³-hybridized carbons (Fsp3) is 0.176. The average Bonchev–Trinajstić information content (AvgIpc) is 2.52. The van der Waals surface area contributed by atoms with E-state index in [1.54, 1.807) is 18.2 Å². The van der Waals surface area contributed by atoms with Crippen LogP contribution in [0.3, 0.4) is 0 Å². The molecule has 4 nitrogen and oxygen atoms in total. The van der Waals surface area contributed by atoms with Crippen LogP contribution in [0.1, 0.15) is 22.8 Å². The fourth-order valence-corrected chi connectivity index (χ4v) is 1.98. The van der Waals surface area contributed by atoms with E-state index in [1.165, 1.54) is 6.92 Å². The van der Waals surface area contributed by atoms with Gasteiger partial charge in [0.2, 0.25) is 5.91 Å². The lowest BCUT2D eigenvalue weighted by atomic mass is 10.1. The van der Waals surface area contributed by atoms with Crippen LogP contribution in [0.5, 0.6) is 0 Å². The van der Waals surface area contributed by atoms with Crippen molar-refractivity contribution in [2.75, 3.05) is 11.9 Å². The van der Waals surface area contributed by atoms with E-state index >= 15 is 0 Å². The first-order valence-electron chi connectivity index (χ1n) is 6.81. The number of anilines is 1. The van der Waals surface area contributed by atoms with Crippen molar-refractivity contribution >= 4 is 17.4 Å². The van der Waals surface area contributed by atoms with Crippen LogP contribution in [-0.4, -0.2) is 18.2 Å². The number of nitrogens with one attached hydrogen (secondary N) is 2. The molecule has 2 aromatic carbocycles. The third-order valence-corrected chi connectivity index (χ3v) is 3.08. The van der Waals surface area contributed by atoms with E-state index in [4.69, 9.17) is 0 Å². The molecule has 1 amide bonds. The Kier molecular flexibility index (Phi) is 5.10. The van der Waals surface area contributed by atoms with E-state index in [0.29, 0.717) is 17.8 Å². The summed E-state index contributed by atoms with van der Waals surface area (Å²) in [5.41, 5.74) is 2.32. The first kappa shape index (κ1) is 14.8. The molecule has 0 aromatic heterocycles. The molecule has 0 atom stereocenters. The maximum absolute atomic E-state index is 11.8. The zero-order valence-electron chi connectivity index (χ0n) is 11.9. The molecular weight excluding hydrogens is 264 g/mol. The predicted molar refractivity (Wildman–Crippen MR) is 83.2 cm³/mol. The van der Waals surface area contributed by atoms with Crippen molar-refractivity contribution in [3.05, 3.63) is 65.7 Å². The molecule has 0 radical (unpaired) electrons. The molecule has 0 aliphatic heterocycles. The second kappa shape index (κ2) is 7.24. The van der Waals surface area contributed by atoms with E-state index in [2.05, 4.69) is 10.6 Å². The lowest BCUT2D eigenvalue weighted by molar-refractivity contribution is -0.119. The Labute approximate surface area is 124 Å². The number of rotatable bonds is 6. The van der Waals surface area contributed by atoms with E-state index in [0.717, 1.165) is 5.56 Å². The molecule has 21 heavy (non-hydrogen) atoms. The van der Waals surface area contributed by atoms with Gasteiger partial charge in [0, 0.05) is 17.8 Å². The van der Waals surface area contributed by atoms with Gasteiger partial charge in [0.15, 0.2) is 5.78 Å². The number of amides is 1. The van der Waals surface area contributed by atoms with Crippen LogP contribution in [0.15, 0.2) is 54.6 Å². The highest BCUT2D eigenvalue weighted by Gasteiger charge is 2.07. The molecule has 2 aromatic rings. The Balaban J connectivity index is 1.86. The summed E-state index contributed by atoms with van der Waals surface area (Å²) in [6.45, 7) is 2.14. The highest BCUT2D eigenvalue weighted by atomic mass is 16.2. The van der Waals surface area contributed by atoms with E-state index in [-0.39, 0.29) is 18.2 Å². The Hall–Kier alpha value is -2.62. The molecule has 108 valence electrons. The van der Waals surface area contributed by atoms with Crippen molar-refractivity contribution in [1.82, 2.24) is 5.32 Å². The number of para-hydroxylation sites is 1. The molecule has 0 spiro atoms. The molecule has 0 fully saturated rings. The Morgan fingerprint density at radius 1 is 0.952 bits per heavy atom. The zero-order valence-corrected chi connectivity index (χ0v) is 11.9. The van der Waals surface area contributed by atoms with E-state index in [9.17, 15) is 9.59 Å². The van der Waals surface area contributed by atoms with Gasteiger partial charge in [-0.1, -0.05) is 42.5 Å². The van der Waals surface area contributed by atoms with Gasteiger partial charge in [-0.05, 0) is 24.6 Å². The SMILES string of the molecule is CC(=O)c1ccccc1NCC(=O)NCc1ccccc1. The summed E-state index contributed by atoms with van der Waals surface area (Å²) >= 11 is 0. The molecule has 0 aliphatic carbocycles. The van der Waals surface area contributed by atoms with Crippen LogP contribution in [-0.2, 0) is 11.3 Å². The number of carbonyl (C=O) groups is 2. The number of hydrogen-bond donors (Lipinski definition) is 2. The van der Waals surface area contributed by atoms with Crippen molar-refractivity contribution in [3.63, 3.8) is 0 Å². The minimum Gasteiger partial charge on any atom is -0.376 e. The summed E-state index contributed by atoms with van der Waals surface area (Å²) in [4.78, 5) is 23.3. The van der Waals surface area contributed by atoms with Gasteiger partial charge in [-0.15, -0.1) is 0 Å². The predicted octanol–water partition coefficient (Wildman–Crippen LogP) is 2.62. The maximum Gasteiger partial charge on any atom is 0.239 e. The van der Waals surface area contributed by atoms with Crippen LogP contribution in [0.4, 0.5) is 5.69 Å². The van der Waals surface area contributed by atoms with Gasteiger partial charge >= 0.3 is 0 Å². The highest BCUT2D eigenvalue weighted by Crippen LogP contribution is 2.14.